The van der Waals surface area contributed by atoms with E-state index in [1.54, 1.807) is 6.21 Å². The molecule has 1 rings (SSSR count). The van der Waals surface area contributed by atoms with Crippen LogP contribution in [-0.4, -0.2) is 16.7 Å². The second-order valence-electron chi connectivity index (χ2n) is 2.38. The minimum Gasteiger partial charge on any atom is -0.369 e. The molecular formula is C7H11N5. The summed E-state index contributed by atoms with van der Waals surface area (Å²) >= 11 is 0. The average molecular weight is 165 g/mol. The van der Waals surface area contributed by atoms with E-state index >= 15 is 0 Å². The van der Waals surface area contributed by atoms with Gasteiger partial charge in [0.25, 0.3) is 0 Å². The number of guanidine groups is 1. The Bertz CT molecular complexity index is 305. The molecule has 0 aliphatic rings. The summed E-state index contributed by atoms with van der Waals surface area (Å²) in [6.07, 6.45) is 5.41. The first-order chi connectivity index (χ1) is 5.68. The minimum atomic E-state index is -0.0396. The highest BCUT2D eigenvalue weighted by Gasteiger charge is 1.87. The first-order valence-corrected chi connectivity index (χ1v) is 3.42. The van der Waals surface area contributed by atoms with Gasteiger partial charge in [-0.25, -0.2) is 0 Å². The highest BCUT2D eigenvalue weighted by molar-refractivity contribution is 5.81. The van der Waals surface area contributed by atoms with E-state index in [-0.39, 0.29) is 5.96 Å². The molecule has 4 N–H and O–H groups in total. The van der Waals surface area contributed by atoms with Crippen molar-refractivity contribution in [2.75, 3.05) is 0 Å². The van der Waals surface area contributed by atoms with E-state index in [1.807, 2.05) is 30.1 Å². The monoisotopic (exact) mass is 165 g/mol. The third-order valence-electron chi connectivity index (χ3n) is 1.23. The number of nitrogens with two attached hydrogens (primary N) is 2. The zero-order valence-corrected chi connectivity index (χ0v) is 6.81. The molecule has 0 unspecified atom stereocenters. The van der Waals surface area contributed by atoms with Crippen LogP contribution < -0.4 is 11.5 Å². The van der Waals surface area contributed by atoms with E-state index < -0.39 is 0 Å². The van der Waals surface area contributed by atoms with Gasteiger partial charge in [0.1, 0.15) is 0 Å². The molecule has 1 aromatic heterocycles. The molecule has 0 aliphatic heterocycles. The van der Waals surface area contributed by atoms with Crippen molar-refractivity contribution in [1.29, 1.82) is 0 Å². The van der Waals surface area contributed by atoms with Crippen LogP contribution in [-0.2, 0) is 7.05 Å². The largest absolute Gasteiger partial charge is 0.369 e. The summed E-state index contributed by atoms with van der Waals surface area (Å²) in [7, 11) is 1.93. The van der Waals surface area contributed by atoms with Gasteiger partial charge in [-0.15, -0.1) is 5.10 Å². The van der Waals surface area contributed by atoms with Gasteiger partial charge in [0, 0.05) is 25.0 Å². The minimum absolute atomic E-state index is 0.0396. The molecule has 64 valence electrons. The van der Waals surface area contributed by atoms with Crippen molar-refractivity contribution in [3.8, 4) is 0 Å². The Kier molecular flexibility index (Phi) is 2.47. The maximum absolute atomic E-state index is 5.07. The topological polar surface area (TPSA) is 81.7 Å². The quantitative estimate of drug-likeness (QED) is 0.356. The lowest BCUT2D eigenvalue weighted by atomic mass is 10.4. The van der Waals surface area contributed by atoms with Crippen LogP contribution in [0.1, 0.15) is 5.56 Å². The lowest BCUT2D eigenvalue weighted by Crippen LogP contribution is -2.21. The fourth-order valence-corrected chi connectivity index (χ4v) is 0.763. The molecule has 0 radical (unpaired) electrons. The number of nitrogens with zero attached hydrogens (tertiary/aromatic N) is 3. The molecule has 0 spiro atoms. The molecule has 0 aliphatic carbocycles. The molecule has 0 aromatic carbocycles. The Balaban J connectivity index is 2.64. The molecule has 5 nitrogen and oxygen atoms in total. The highest BCUT2D eigenvalue weighted by Crippen LogP contribution is 1.94. The van der Waals surface area contributed by atoms with E-state index in [2.05, 4.69) is 10.2 Å². The lowest BCUT2D eigenvalue weighted by molar-refractivity contribution is 0.927. The van der Waals surface area contributed by atoms with Crippen molar-refractivity contribution in [3.05, 3.63) is 24.0 Å². The molecule has 1 aromatic rings. The summed E-state index contributed by atoms with van der Waals surface area (Å²) in [6, 6.07) is 1.91. The predicted octanol–water partition coefficient (Wildman–Crippen LogP) is -0.368. The fraction of sp³-hybridized carbons (Fsp3) is 0.143. The van der Waals surface area contributed by atoms with Crippen molar-refractivity contribution >= 4 is 12.2 Å². The van der Waals surface area contributed by atoms with Crippen LogP contribution in [0.3, 0.4) is 0 Å². The third kappa shape index (κ3) is 2.45. The summed E-state index contributed by atoms with van der Waals surface area (Å²) < 4.78 is 1.91. The van der Waals surface area contributed by atoms with Crippen LogP contribution in [0.2, 0.25) is 0 Å². The molecule has 0 atom stereocenters. The molecule has 0 amide bonds. The van der Waals surface area contributed by atoms with Crippen LogP contribution >= 0.6 is 0 Å². The van der Waals surface area contributed by atoms with Gasteiger partial charge in [-0.05, 0) is 6.07 Å². The smallest absolute Gasteiger partial charge is 0.211 e. The molecule has 1 heterocycles. The Hall–Kier alpha value is -1.78. The summed E-state index contributed by atoms with van der Waals surface area (Å²) in [5.41, 5.74) is 11.1. The Morgan fingerprint density at radius 2 is 2.33 bits per heavy atom. The van der Waals surface area contributed by atoms with E-state index in [9.17, 15) is 0 Å². The second-order valence-corrected chi connectivity index (χ2v) is 2.38. The number of rotatable bonds is 2. The van der Waals surface area contributed by atoms with Gasteiger partial charge in [0.15, 0.2) is 0 Å². The van der Waals surface area contributed by atoms with Crippen LogP contribution in [0, 0.1) is 0 Å². The fourth-order valence-electron chi connectivity index (χ4n) is 0.763. The molecule has 0 saturated carbocycles. The molecule has 5 heteroatoms. The van der Waals surface area contributed by atoms with Crippen LogP contribution in [0.5, 0.6) is 0 Å². The standard InChI is InChI=1S/C7H11N5/c1-12-3-2-6(5-12)4-10-11-7(8)9/h2-5H,1H3,(H4,8,9,11)/b10-4+. The maximum Gasteiger partial charge on any atom is 0.211 e. The van der Waals surface area contributed by atoms with Crippen molar-refractivity contribution in [2.45, 2.75) is 0 Å². The van der Waals surface area contributed by atoms with Gasteiger partial charge >= 0.3 is 0 Å². The summed E-state index contributed by atoms with van der Waals surface area (Å²) in [6.45, 7) is 0. The predicted molar refractivity (Wildman–Crippen MR) is 48.8 cm³/mol. The lowest BCUT2D eigenvalue weighted by Gasteiger charge is -1.84. The van der Waals surface area contributed by atoms with Crippen LogP contribution in [0.4, 0.5) is 0 Å². The normalized spacial score (nSPS) is 10.4. The van der Waals surface area contributed by atoms with E-state index in [1.165, 1.54) is 0 Å². The number of aryl methyl sites for hydroxylation is 1. The first-order valence-electron chi connectivity index (χ1n) is 3.42. The van der Waals surface area contributed by atoms with Gasteiger partial charge < -0.3 is 16.0 Å². The zero-order valence-electron chi connectivity index (χ0n) is 6.81. The molecule has 0 bridgehead atoms. The second kappa shape index (κ2) is 3.56. The van der Waals surface area contributed by atoms with E-state index in [4.69, 9.17) is 11.5 Å². The summed E-state index contributed by atoms with van der Waals surface area (Å²) in [4.78, 5) is 0. The molecule has 0 fully saturated rings. The first kappa shape index (κ1) is 8.32. The van der Waals surface area contributed by atoms with Crippen molar-refractivity contribution in [3.63, 3.8) is 0 Å². The average Bonchev–Trinajstić information content (AvgIpc) is 2.35. The summed E-state index contributed by atoms with van der Waals surface area (Å²) in [5, 5.41) is 7.12. The Labute approximate surface area is 70.4 Å². The van der Waals surface area contributed by atoms with Crippen LogP contribution in [0.25, 0.3) is 0 Å². The van der Waals surface area contributed by atoms with Gasteiger partial charge in [-0.3, -0.25) is 0 Å². The Morgan fingerprint density at radius 3 is 2.83 bits per heavy atom. The molecular weight excluding hydrogens is 154 g/mol. The van der Waals surface area contributed by atoms with Gasteiger partial charge in [-0.1, -0.05) is 0 Å². The maximum atomic E-state index is 5.07. The van der Waals surface area contributed by atoms with Crippen molar-refractivity contribution in [2.24, 2.45) is 28.7 Å². The van der Waals surface area contributed by atoms with Crippen molar-refractivity contribution < 1.29 is 0 Å². The number of hydrogen-bond donors (Lipinski definition) is 2. The SMILES string of the molecule is Cn1ccc(/C=N/N=C(N)N)c1. The van der Waals surface area contributed by atoms with Crippen molar-refractivity contribution in [1.82, 2.24) is 4.57 Å². The number of hydrogen-bond acceptors (Lipinski definition) is 2. The molecule has 0 saturated heterocycles. The molecule has 12 heavy (non-hydrogen) atoms. The van der Waals surface area contributed by atoms with Gasteiger partial charge in [-0.2, -0.15) is 5.10 Å². The summed E-state index contributed by atoms with van der Waals surface area (Å²) in [5.74, 6) is -0.0396. The van der Waals surface area contributed by atoms with E-state index in [0.29, 0.717) is 0 Å². The van der Waals surface area contributed by atoms with E-state index in [0.717, 1.165) is 5.56 Å². The van der Waals surface area contributed by atoms with Gasteiger partial charge in [0.2, 0.25) is 5.96 Å². The van der Waals surface area contributed by atoms with Crippen LogP contribution in [0.15, 0.2) is 28.7 Å². The Morgan fingerprint density at radius 1 is 1.58 bits per heavy atom. The number of aromatic nitrogens is 1. The highest BCUT2D eigenvalue weighted by atomic mass is 15.3. The third-order valence-corrected chi connectivity index (χ3v) is 1.23. The van der Waals surface area contributed by atoms with Gasteiger partial charge in [0.05, 0.1) is 6.21 Å². The zero-order chi connectivity index (χ0) is 8.97.